The molecule has 1 rings (SSSR count). The van der Waals surface area contributed by atoms with Crippen molar-refractivity contribution < 1.29 is 19.4 Å². The topological polar surface area (TPSA) is 63.6 Å². The number of hydrogen-bond acceptors (Lipinski definition) is 3. The van der Waals surface area contributed by atoms with Gasteiger partial charge in [-0.1, -0.05) is 19.1 Å². The van der Waals surface area contributed by atoms with E-state index in [1.54, 1.807) is 0 Å². The number of carboxylic acid groups (broad SMARTS) is 1. The molecule has 0 heterocycles. The third-order valence-electron chi connectivity index (χ3n) is 3.13. The highest BCUT2D eigenvalue weighted by molar-refractivity contribution is 5.74. The summed E-state index contributed by atoms with van der Waals surface area (Å²) in [6, 6.07) is 0. The smallest absolute Gasteiger partial charge is 0.312 e. The fourth-order valence-corrected chi connectivity index (χ4v) is 2.09. The Labute approximate surface area is 95.3 Å². The third-order valence-corrected chi connectivity index (χ3v) is 3.13. The molecule has 0 unspecified atom stereocenters. The maximum absolute atomic E-state index is 11.3. The van der Waals surface area contributed by atoms with E-state index in [1.165, 1.54) is 7.11 Å². The van der Waals surface area contributed by atoms with Crippen LogP contribution in [0.25, 0.3) is 0 Å². The summed E-state index contributed by atoms with van der Waals surface area (Å²) in [7, 11) is 1.38. The van der Waals surface area contributed by atoms with Crippen molar-refractivity contribution >= 4 is 11.9 Å². The first-order chi connectivity index (χ1) is 7.54. The summed E-state index contributed by atoms with van der Waals surface area (Å²) in [4.78, 5) is 21.8. The average molecular weight is 226 g/mol. The molecule has 0 aromatic rings. The second kappa shape index (κ2) is 5.68. The molecule has 1 aliphatic rings. The molecule has 0 bridgehead atoms. The number of carbonyl (C=O) groups is 2. The predicted molar refractivity (Wildman–Crippen MR) is 58.8 cm³/mol. The van der Waals surface area contributed by atoms with Crippen molar-refractivity contribution in [1.29, 1.82) is 0 Å². The maximum atomic E-state index is 11.3. The summed E-state index contributed by atoms with van der Waals surface area (Å²) in [5.41, 5.74) is 0. The summed E-state index contributed by atoms with van der Waals surface area (Å²) < 4.78 is 4.67. The number of aliphatic carboxylic acids is 1. The van der Waals surface area contributed by atoms with Gasteiger partial charge in [0.2, 0.25) is 0 Å². The second-order valence-electron chi connectivity index (χ2n) is 4.33. The highest BCUT2D eigenvalue weighted by atomic mass is 16.5. The van der Waals surface area contributed by atoms with E-state index >= 15 is 0 Å². The molecule has 4 nitrogen and oxygen atoms in total. The normalized spacial score (nSPS) is 26.1. The number of allylic oxidation sites excluding steroid dienone is 1. The fourth-order valence-electron chi connectivity index (χ4n) is 2.09. The van der Waals surface area contributed by atoms with Crippen LogP contribution in [0.5, 0.6) is 0 Å². The molecule has 0 aromatic carbocycles. The van der Waals surface area contributed by atoms with Crippen molar-refractivity contribution in [3.05, 3.63) is 12.2 Å². The average Bonchev–Trinajstić information content (AvgIpc) is 2.27. The van der Waals surface area contributed by atoms with Gasteiger partial charge < -0.3 is 9.84 Å². The van der Waals surface area contributed by atoms with Gasteiger partial charge in [-0.05, 0) is 24.7 Å². The predicted octanol–water partition coefficient (Wildman–Crippen LogP) is 1.85. The minimum Gasteiger partial charge on any atom is -0.481 e. The van der Waals surface area contributed by atoms with Gasteiger partial charge in [0, 0.05) is 6.42 Å². The summed E-state index contributed by atoms with van der Waals surface area (Å²) in [5, 5.41) is 8.69. The first-order valence-electron chi connectivity index (χ1n) is 5.52. The van der Waals surface area contributed by atoms with Crippen LogP contribution in [0.2, 0.25) is 0 Å². The van der Waals surface area contributed by atoms with Crippen LogP contribution >= 0.6 is 0 Å². The van der Waals surface area contributed by atoms with Crippen LogP contribution in [0.3, 0.4) is 0 Å². The van der Waals surface area contributed by atoms with Gasteiger partial charge in [0.1, 0.15) is 0 Å². The van der Waals surface area contributed by atoms with Crippen molar-refractivity contribution in [2.24, 2.45) is 17.8 Å². The quantitative estimate of drug-likeness (QED) is 0.587. The lowest BCUT2D eigenvalue weighted by molar-refractivity contribution is -0.144. The van der Waals surface area contributed by atoms with Crippen LogP contribution in [0, 0.1) is 17.8 Å². The lowest BCUT2D eigenvalue weighted by Gasteiger charge is -2.25. The Hall–Kier alpha value is -1.32. The van der Waals surface area contributed by atoms with Crippen LogP contribution in [-0.4, -0.2) is 24.2 Å². The molecule has 0 amide bonds. The van der Waals surface area contributed by atoms with Gasteiger partial charge in [-0.25, -0.2) is 0 Å². The molecule has 90 valence electrons. The standard InChI is InChI=1S/C12H18O4/c1-8(7-11(13)14)9-3-5-10(6-4-9)12(15)16-2/h3,5,8-10H,4,6-7H2,1-2H3,(H,13,14)/t8-,9+,10-/m0/s1. The maximum Gasteiger partial charge on any atom is 0.312 e. The Morgan fingerprint density at radius 1 is 1.44 bits per heavy atom. The van der Waals surface area contributed by atoms with Crippen molar-refractivity contribution in [2.45, 2.75) is 26.2 Å². The SMILES string of the molecule is COC(=O)[C@H]1C=C[C@@H]([C@@H](C)CC(=O)O)CC1. The Morgan fingerprint density at radius 3 is 2.56 bits per heavy atom. The zero-order chi connectivity index (χ0) is 12.1. The largest absolute Gasteiger partial charge is 0.481 e. The molecule has 0 fully saturated rings. The monoisotopic (exact) mass is 226 g/mol. The first-order valence-corrected chi connectivity index (χ1v) is 5.52. The minimum absolute atomic E-state index is 0.118. The molecule has 0 spiro atoms. The number of rotatable bonds is 4. The summed E-state index contributed by atoms with van der Waals surface area (Å²) >= 11 is 0. The van der Waals surface area contributed by atoms with E-state index in [2.05, 4.69) is 4.74 Å². The van der Waals surface area contributed by atoms with Crippen molar-refractivity contribution in [3.63, 3.8) is 0 Å². The Bertz CT molecular complexity index is 295. The summed E-state index contributed by atoms with van der Waals surface area (Å²) in [5.74, 6) is -0.751. The van der Waals surface area contributed by atoms with E-state index in [0.717, 1.165) is 12.8 Å². The molecular weight excluding hydrogens is 208 g/mol. The molecule has 1 aliphatic carbocycles. The third kappa shape index (κ3) is 3.36. The van der Waals surface area contributed by atoms with Crippen LogP contribution in [0.4, 0.5) is 0 Å². The van der Waals surface area contributed by atoms with Crippen LogP contribution < -0.4 is 0 Å². The molecule has 0 radical (unpaired) electrons. The summed E-state index contributed by atoms with van der Waals surface area (Å²) in [6.07, 6.45) is 5.58. The first kappa shape index (κ1) is 12.7. The number of carboxylic acids is 1. The van der Waals surface area contributed by atoms with Crippen molar-refractivity contribution in [3.8, 4) is 0 Å². The number of methoxy groups -OCH3 is 1. The lowest BCUT2D eigenvalue weighted by atomic mass is 9.80. The van der Waals surface area contributed by atoms with E-state index in [0.29, 0.717) is 0 Å². The van der Waals surface area contributed by atoms with Gasteiger partial charge in [0.25, 0.3) is 0 Å². The molecule has 0 saturated carbocycles. The molecule has 0 aromatic heterocycles. The van der Waals surface area contributed by atoms with Gasteiger partial charge in [0.05, 0.1) is 13.0 Å². The molecule has 1 N–H and O–H groups in total. The second-order valence-corrected chi connectivity index (χ2v) is 4.33. The Kier molecular flexibility index (Phi) is 4.52. The number of ether oxygens (including phenoxy) is 1. The fraction of sp³-hybridized carbons (Fsp3) is 0.667. The highest BCUT2D eigenvalue weighted by Gasteiger charge is 2.25. The van der Waals surface area contributed by atoms with E-state index in [4.69, 9.17) is 5.11 Å². The molecule has 0 saturated heterocycles. The highest BCUT2D eigenvalue weighted by Crippen LogP contribution is 2.29. The minimum atomic E-state index is -0.768. The number of esters is 1. The van der Waals surface area contributed by atoms with Crippen LogP contribution in [0.15, 0.2) is 12.2 Å². The Balaban J connectivity index is 2.51. The van der Waals surface area contributed by atoms with Gasteiger partial charge in [-0.3, -0.25) is 9.59 Å². The summed E-state index contributed by atoms with van der Waals surface area (Å²) in [6.45, 7) is 1.93. The van der Waals surface area contributed by atoms with Crippen LogP contribution in [-0.2, 0) is 14.3 Å². The van der Waals surface area contributed by atoms with Crippen molar-refractivity contribution in [2.75, 3.05) is 7.11 Å². The van der Waals surface area contributed by atoms with Crippen molar-refractivity contribution in [1.82, 2.24) is 0 Å². The zero-order valence-electron chi connectivity index (χ0n) is 9.68. The molecule has 3 atom stereocenters. The number of hydrogen-bond donors (Lipinski definition) is 1. The molecular formula is C12H18O4. The molecule has 4 heteroatoms. The van der Waals surface area contributed by atoms with E-state index in [1.807, 2.05) is 19.1 Å². The molecule has 0 aliphatic heterocycles. The Morgan fingerprint density at radius 2 is 2.12 bits per heavy atom. The van der Waals surface area contributed by atoms with Gasteiger partial charge in [-0.15, -0.1) is 0 Å². The van der Waals surface area contributed by atoms with Gasteiger partial charge in [0.15, 0.2) is 0 Å². The van der Waals surface area contributed by atoms with Gasteiger partial charge >= 0.3 is 11.9 Å². The molecule has 16 heavy (non-hydrogen) atoms. The zero-order valence-corrected chi connectivity index (χ0v) is 9.68. The van der Waals surface area contributed by atoms with E-state index < -0.39 is 5.97 Å². The van der Waals surface area contributed by atoms with E-state index in [9.17, 15) is 9.59 Å². The lowest BCUT2D eigenvalue weighted by Crippen LogP contribution is -2.22. The number of carbonyl (C=O) groups excluding carboxylic acids is 1. The van der Waals surface area contributed by atoms with Gasteiger partial charge in [-0.2, -0.15) is 0 Å². The van der Waals surface area contributed by atoms with E-state index in [-0.39, 0.29) is 30.1 Å². The van der Waals surface area contributed by atoms with Crippen LogP contribution in [0.1, 0.15) is 26.2 Å².